The Balaban J connectivity index is 2.21. The molecule has 1 rings (SSSR count). The van der Waals surface area contributed by atoms with Gasteiger partial charge in [0.15, 0.2) is 0 Å². The minimum Gasteiger partial charge on any atom is -0.325 e. The van der Waals surface area contributed by atoms with Crippen LogP contribution in [-0.2, 0) is 0 Å². The van der Waals surface area contributed by atoms with Gasteiger partial charge in [-0.15, -0.1) is 0 Å². The molecule has 1 fully saturated rings. The Hall–Kier alpha value is -0.0800. The fraction of sp³-hybridized carbons (Fsp3) is 1.00. The van der Waals surface area contributed by atoms with Gasteiger partial charge in [0.1, 0.15) is 0 Å². The van der Waals surface area contributed by atoms with Crippen molar-refractivity contribution >= 4 is 0 Å². The quantitative estimate of drug-likeness (QED) is 0.750. The molecule has 0 saturated carbocycles. The van der Waals surface area contributed by atoms with Gasteiger partial charge in [-0.2, -0.15) is 0 Å². The van der Waals surface area contributed by atoms with E-state index in [9.17, 15) is 0 Å². The molecule has 2 heteroatoms. The summed E-state index contributed by atoms with van der Waals surface area (Å²) in [7, 11) is 2.19. The van der Waals surface area contributed by atoms with Gasteiger partial charge in [-0.25, -0.2) is 0 Å². The molecule has 1 aliphatic heterocycles. The van der Waals surface area contributed by atoms with Crippen LogP contribution in [0.2, 0.25) is 0 Å². The lowest BCUT2D eigenvalue weighted by molar-refractivity contribution is 0.178. The monoisotopic (exact) mass is 198 g/mol. The number of nitrogens with two attached hydrogens (primary N) is 1. The van der Waals surface area contributed by atoms with Crippen molar-refractivity contribution in [3.63, 3.8) is 0 Å². The van der Waals surface area contributed by atoms with Crippen LogP contribution in [0.5, 0.6) is 0 Å². The molecule has 0 unspecified atom stereocenters. The summed E-state index contributed by atoms with van der Waals surface area (Å²) in [6.07, 6.45) is 6.22. The number of likely N-dealkylation sites (tertiary alicyclic amines) is 1. The van der Waals surface area contributed by atoms with Gasteiger partial charge in [-0.3, -0.25) is 0 Å². The Bertz CT molecular complexity index is 158. The van der Waals surface area contributed by atoms with E-state index in [4.69, 9.17) is 5.73 Å². The lowest BCUT2D eigenvalue weighted by atomic mass is 9.83. The molecule has 0 aromatic rings. The molecule has 0 aromatic carbocycles. The van der Waals surface area contributed by atoms with Crippen molar-refractivity contribution in [3.8, 4) is 0 Å². The zero-order valence-corrected chi connectivity index (χ0v) is 10.1. The topological polar surface area (TPSA) is 29.3 Å². The maximum Gasteiger partial charge on any atom is 0.0178 e. The van der Waals surface area contributed by atoms with E-state index in [-0.39, 0.29) is 5.54 Å². The maximum absolute atomic E-state index is 6.38. The Morgan fingerprint density at radius 3 is 2.36 bits per heavy atom. The molecule has 1 aliphatic rings. The molecule has 0 aromatic heterocycles. The fourth-order valence-electron chi connectivity index (χ4n) is 2.18. The third kappa shape index (κ3) is 3.97. The number of hydrogen-bond acceptors (Lipinski definition) is 2. The molecule has 84 valence electrons. The number of piperidine rings is 1. The summed E-state index contributed by atoms with van der Waals surface area (Å²) in [5, 5.41) is 0. The smallest absolute Gasteiger partial charge is 0.0178 e. The maximum atomic E-state index is 6.38. The van der Waals surface area contributed by atoms with Crippen molar-refractivity contribution in [2.75, 3.05) is 20.1 Å². The van der Waals surface area contributed by atoms with Gasteiger partial charge < -0.3 is 10.6 Å². The van der Waals surface area contributed by atoms with Crippen LogP contribution in [0.25, 0.3) is 0 Å². The second-order valence-corrected chi connectivity index (χ2v) is 5.45. The highest BCUT2D eigenvalue weighted by molar-refractivity contribution is 4.89. The molecule has 0 amide bonds. The zero-order chi connectivity index (χ0) is 10.6. The average molecular weight is 198 g/mol. The molecule has 0 atom stereocenters. The summed E-state index contributed by atoms with van der Waals surface area (Å²) in [6.45, 7) is 6.94. The number of hydrogen-bond donors (Lipinski definition) is 1. The van der Waals surface area contributed by atoms with Crippen LogP contribution in [0, 0.1) is 5.92 Å². The predicted octanol–water partition coefficient (Wildman–Crippen LogP) is 2.24. The van der Waals surface area contributed by atoms with Crippen LogP contribution in [0.1, 0.15) is 46.0 Å². The first-order valence-electron chi connectivity index (χ1n) is 5.99. The summed E-state index contributed by atoms with van der Waals surface area (Å²) in [4.78, 5) is 2.38. The third-order valence-corrected chi connectivity index (χ3v) is 3.44. The van der Waals surface area contributed by atoms with E-state index >= 15 is 0 Å². The largest absolute Gasteiger partial charge is 0.325 e. The zero-order valence-electron chi connectivity index (χ0n) is 10.1. The van der Waals surface area contributed by atoms with E-state index in [0.29, 0.717) is 0 Å². The highest BCUT2D eigenvalue weighted by atomic mass is 15.1. The summed E-state index contributed by atoms with van der Waals surface area (Å²) in [5.41, 5.74) is 6.54. The van der Waals surface area contributed by atoms with E-state index in [1.807, 2.05) is 0 Å². The predicted molar refractivity (Wildman–Crippen MR) is 62.3 cm³/mol. The molecule has 2 N–H and O–H groups in total. The van der Waals surface area contributed by atoms with Crippen LogP contribution in [0.3, 0.4) is 0 Å². The minimum atomic E-state index is 0.154. The summed E-state index contributed by atoms with van der Waals surface area (Å²) < 4.78 is 0. The molecule has 0 radical (unpaired) electrons. The Kier molecular flexibility index (Phi) is 4.39. The van der Waals surface area contributed by atoms with E-state index in [2.05, 4.69) is 25.8 Å². The molecule has 14 heavy (non-hydrogen) atoms. The van der Waals surface area contributed by atoms with E-state index in [1.54, 1.807) is 0 Å². The second-order valence-electron chi connectivity index (χ2n) is 5.45. The summed E-state index contributed by atoms with van der Waals surface area (Å²) >= 11 is 0. The van der Waals surface area contributed by atoms with Crippen molar-refractivity contribution < 1.29 is 0 Å². The van der Waals surface area contributed by atoms with Gasteiger partial charge in [0.25, 0.3) is 0 Å². The van der Waals surface area contributed by atoms with Crippen molar-refractivity contribution in [1.82, 2.24) is 4.90 Å². The van der Waals surface area contributed by atoms with Gasteiger partial charge in [0.05, 0.1) is 0 Å². The van der Waals surface area contributed by atoms with Crippen LogP contribution >= 0.6 is 0 Å². The average Bonchev–Trinajstić information content (AvgIpc) is 2.10. The van der Waals surface area contributed by atoms with Gasteiger partial charge in [-0.1, -0.05) is 26.7 Å². The van der Waals surface area contributed by atoms with Gasteiger partial charge in [-0.05, 0) is 45.3 Å². The lowest BCUT2D eigenvalue weighted by Crippen LogP contribution is -2.49. The summed E-state index contributed by atoms with van der Waals surface area (Å²) in [6, 6.07) is 0. The molecule has 0 aliphatic carbocycles. The highest BCUT2D eigenvalue weighted by Gasteiger charge is 2.28. The van der Waals surface area contributed by atoms with Crippen LogP contribution in [0.15, 0.2) is 0 Å². The van der Waals surface area contributed by atoms with E-state index in [0.717, 1.165) is 5.92 Å². The van der Waals surface area contributed by atoms with E-state index in [1.165, 1.54) is 45.2 Å². The van der Waals surface area contributed by atoms with Gasteiger partial charge >= 0.3 is 0 Å². The standard InChI is InChI=1S/C12H26N2/c1-11(2)5-4-6-12(13)7-9-14(3)10-8-12/h11H,4-10,13H2,1-3H3. The molecule has 2 nitrogen and oxygen atoms in total. The van der Waals surface area contributed by atoms with Crippen molar-refractivity contribution in [2.24, 2.45) is 11.7 Å². The second kappa shape index (κ2) is 5.13. The molecule has 1 saturated heterocycles. The van der Waals surface area contributed by atoms with Gasteiger partial charge in [0, 0.05) is 5.54 Å². The van der Waals surface area contributed by atoms with Crippen molar-refractivity contribution in [2.45, 2.75) is 51.5 Å². The fourth-order valence-corrected chi connectivity index (χ4v) is 2.18. The van der Waals surface area contributed by atoms with Crippen LogP contribution in [0.4, 0.5) is 0 Å². The minimum absolute atomic E-state index is 0.154. The normalized spacial score (nSPS) is 22.9. The lowest BCUT2D eigenvalue weighted by Gasteiger charge is -2.38. The van der Waals surface area contributed by atoms with E-state index < -0.39 is 0 Å². The molecule has 0 spiro atoms. The highest BCUT2D eigenvalue weighted by Crippen LogP contribution is 2.25. The number of rotatable bonds is 4. The van der Waals surface area contributed by atoms with Crippen LogP contribution < -0.4 is 5.73 Å². The first-order valence-corrected chi connectivity index (χ1v) is 5.99. The SMILES string of the molecule is CC(C)CCCC1(N)CCN(C)CC1. The Morgan fingerprint density at radius 2 is 1.86 bits per heavy atom. The molecule has 1 heterocycles. The first kappa shape index (κ1) is 12.0. The first-order chi connectivity index (χ1) is 6.52. The summed E-state index contributed by atoms with van der Waals surface area (Å²) in [5.74, 6) is 0.824. The molecule has 0 bridgehead atoms. The van der Waals surface area contributed by atoms with Crippen molar-refractivity contribution in [3.05, 3.63) is 0 Å². The van der Waals surface area contributed by atoms with Crippen molar-refractivity contribution in [1.29, 1.82) is 0 Å². The third-order valence-electron chi connectivity index (χ3n) is 3.44. The van der Waals surface area contributed by atoms with Gasteiger partial charge in [0.2, 0.25) is 0 Å². The van der Waals surface area contributed by atoms with Crippen LogP contribution in [-0.4, -0.2) is 30.6 Å². The number of nitrogens with zero attached hydrogens (tertiary/aromatic N) is 1. The Morgan fingerprint density at radius 1 is 1.29 bits per heavy atom. The molecular formula is C12H26N2. The molecular weight excluding hydrogens is 172 g/mol. The Labute approximate surface area is 88.8 Å².